The number of benzene rings is 1. The Bertz CT molecular complexity index is 1200. The van der Waals surface area contributed by atoms with E-state index < -0.39 is 17.7 Å². The molecule has 4 heterocycles. The van der Waals surface area contributed by atoms with E-state index in [1.807, 2.05) is 0 Å². The zero-order valence-electron chi connectivity index (χ0n) is 22.7. The van der Waals surface area contributed by atoms with Crippen molar-refractivity contribution in [2.45, 2.75) is 44.6 Å². The van der Waals surface area contributed by atoms with Gasteiger partial charge in [-0.1, -0.05) is 12.1 Å². The number of morpholine rings is 1. The van der Waals surface area contributed by atoms with E-state index in [1.54, 1.807) is 0 Å². The average Bonchev–Trinajstić information content (AvgIpc) is 2.91. The third-order valence-electron chi connectivity index (χ3n) is 7.78. The van der Waals surface area contributed by atoms with Gasteiger partial charge >= 0.3 is 6.18 Å². The van der Waals surface area contributed by atoms with Gasteiger partial charge in [-0.3, -0.25) is 14.6 Å². The molecule has 0 saturated carbocycles. The van der Waals surface area contributed by atoms with Gasteiger partial charge in [-0.2, -0.15) is 13.2 Å². The lowest BCUT2D eigenvalue weighted by Gasteiger charge is -2.44. The van der Waals surface area contributed by atoms with E-state index in [0.29, 0.717) is 25.3 Å². The molecular formula is C28H35F4N5O3. The minimum absolute atomic E-state index is 0.0486. The molecule has 1 amide bonds. The molecule has 2 fully saturated rings. The molecule has 3 aliphatic heterocycles. The fourth-order valence-electron chi connectivity index (χ4n) is 5.61. The van der Waals surface area contributed by atoms with Gasteiger partial charge in [0.1, 0.15) is 18.1 Å². The van der Waals surface area contributed by atoms with Crippen LogP contribution in [0.15, 0.2) is 30.3 Å². The predicted molar refractivity (Wildman–Crippen MR) is 141 cm³/mol. The first-order chi connectivity index (χ1) is 19.1. The summed E-state index contributed by atoms with van der Waals surface area (Å²) in [7, 11) is 0. The third kappa shape index (κ3) is 6.56. The quantitative estimate of drug-likeness (QED) is 0.541. The van der Waals surface area contributed by atoms with Crippen molar-refractivity contribution in [2.75, 3.05) is 64.0 Å². The molecule has 3 aliphatic rings. The highest BCUT2D eigenvalue weighted by atomic mass is 19.4. The summed E-state index contributed by atoms with van der Waals surface area (Å²) in [5, 5.41) is 3.50. The summed E-state index contributed by atoms with van der Waals surface area (Å²) < 4.78 is 66.4. The van der Waals surface area contributed by atoms with Crippen LogP contribution in [0.2, 0.25) is 0 Å². The van der Waals surface area contributed by atoms with Gasteiger partial charge in [-0.05, 0) is 49.6 Å². The van der Waals surface area contributed by atoms with Crippen LogP contribution in [0.5, 0.6) is 5.88 Å². The van der Waals surface area contributed by atoms with Gasteiger partial charge in [0.05, 0.1) is 26.3 Å². The van der Waals surface area contributed by atoms with Gasteiger partial charge in [0.2, 0.25) is 11.8 Å². The number of rotatable bonds is 6. The molecule has 0 aliphatic carbocycles. The Morgan fingerprint density at radius 2 is 1.90 bits per heavy atom. The summed E-state index contributed by atoms with van der Waals surface area (Å²) in [6.07, 6.45) is -4.84. The van der Waals surface area contributed by atoms with Crippen LogP contribution in [-0.4, -0.2) is 97.9 Å². The molecule has 12 heteroatoms. The van der Waals surface area contributed by atoms with Gasteiger partial charge in [-0.15, -0.1) is 0 Å². The summed E-state index contributed by atoms with van der Waals surface area (Å²) in [5.74, 6) is -0.896. The number of ether oxygens (including phenoxy) is 2. The number of carbonyl (C=O) groups is 1. The molecule has 1 aromatic heterocycles. The van der Waals surface area contributed by atoms with E-state index in [4.69, 9.17) is 9.47 Å². The highest BCUT2D eigenvalue weighted by Gasteiger charge is 2.39. The van der Waals surface area contributed by atoms with Gasteiger partial charge in [-0.25, -0.2) is 9.37 Å². The summed E-state index contributed by atoms with van der Waals surface area (Å²) in [6, 6.07) is 7.21. The second kappa shape index (κ2) is 12.0. The molecule has 0 bridgehead atoms. The smallest absolute Gasteiger partial charge is 0.433 e. The monoisotopic (exact) mass is 565 g/mol. The number of fused-ring (bicyclic) bond motifs is 1. The summed E-state index contributed by atoms with van der Waals surface area (Å²) in [4.78, 5) is 23.6. The van der Waals surface area contributed by atoms with E-state index in [2.05, 4.69) is 33.9 Å². The van der Waals surface area contributed by atoms with Crippen molar-refractivity contribution in [1.29, 1.82) is 0 Å². The zero-order chi connectivity index (χ0) is 28.4. The second-order valence-corrected chi connectivity index (χ2v) is 10.8. The Hall–Kier alpha value is -2.80. The van der Waals surface area contributed by atoms with Crippen molar-refractivity contribution in [2.24, 2.45) is 0 Å². The molecular weight excluding hydrogens is 530 g/mol. The molecule has 1 aromatic carbocycles. The largest absolute Gasteiger partial charge is 0.474 e. The SMILES string of the molecule is C[C@@H]1CN(CC(=O)N2CCOc3nc(C(F)(F)F)c(Cc4ccc(F)cc4)cc32)[C@@H](CN2CCOC[C@H]2C)CN1. The molecule has 40 heavy (non-hydrogen) atoms. The van der Waals surface area contributed by atoms with Crippen LogP contribution in [0.4, 0.5) is 23.2 Å². The fourth-order valence-corrected chi connectivity index (χ4v) is 5.61. The number of hydrogen-bond acceptors (Lipinski definition) is 7. The van der Waals surface area contributed by atoms with E-state index >= 15 is 0 Å². The Morgan fingerprint density at radius 3 is 2.62 bits per heavy atom. The Balaban J connectivity index is 1.38. The Labute approximate surface area is 231 Å². The number of aromatic nitrogens is 1. The molecule has 1 N–H and O–H groups in total. The highest BCUT2D eigenvalue weighted by Crippen LogP contribution is 2.39. The average molecular weight is 566 g/mol. The Kier molecular flexibility index (Phi) is 8.60. The van der Waals surface area contributed by atoms with Crippen LogP contribution in [0.3, 0.4) is 0 Å². The van der Waals surface area contributed by atoms with Crippen molar-refractivity contribution < 1.29 is 31.8 Å². The maximum Gasteiger partial charge on any atom is 0.433 e. The normalized spacial score (nSPS) is 24.4. The first-order valence-corrected chi connectivity index (χ1v) is 13.7. The number of anilines is 1. The minimum atomic E-state index is -4.72. The fraction of sp³-hybridized carbons (Fsp3) is 0.571. The first-order valence-electron chi connectivity index (χ1n) is 13.7. The van der Waals surface area contributed by atoms with Crippen LogP contribution in [0, 0.1) is 5.82 Å². The lowest BCUT2D eigenvalue weighted by atomic mass is 10.0. The van der Waals surface area contributed by atoms with E-state index in [1.165, 1.54) is 35.2 Å². The predicted octanol–water partition coefficient (Wildman–Crippen LogP) is 2.94. The number of nitrogens with one attached hydrogen (secondary N) is 1. The number of amides is 1. The summed E-state index contributed by atoms with van der Waals surface area (Å²) >= 11 is 0. The van der Waals surface area contributed by atoms with Gasteiger partial charge in [0, 0.05) is 44.3 Å². The molecule has 3 atom stereocenters. The number of pyridine rings is 1. The van der Waals surface area contributed by atoms with Crippen molar-refractivity contribution in [3.8, 4) is 5.88 Å². The van der Waals surface area contributed by atoms with Gasteiger partial charge in [0.15, 0.2) is 5.69 Å². The van der Waals surface area contributed by atoms with E-state index in [-0.39, 0.29) is 67.3 Å². The molecule has 2 aromatic rings. The molecule has 8 nitrogen and oxygen atoms in total. The second-order valence-electron chi connectivity index (χ2n) is 10.8. The zero-order valence-corrected chi connectivity index (χ0v) is 22.7. The number of alkyl halides is 3. The van der Waals surface area contributed by atoms with Crippen LogP contribution >= 0.6 is 0 Å². The third-order valence-corrected chi connectivity index (χ3v) is 7.78. The first kappa shape index (κ1) is 28.7. The van der Waals surface area contributed by atoms with Crippen LogP contribution < -0.4 is 15.0 Å². The van der Waals surface area contributed by atoms with Gasteiger partial charge < -0.3 is 19.7 Å². The van der Waals surface area contributed by atoms with Crippen molar-refractivity contribution >= 4 is 11.6 Å². The number of halogens is 4. The summed E-state index contributed by atoms with van der Waals surface area (Å²) in [6.45, 7) is 8.96. The molecule has 2 saturated heterocycles. The van der Waals surface area contributed by atoms with Crippen molar-refractivity contribution in [1.82, 2.24) is 20.1 Å². The van der Waals surface area contributed by atoms with Gasteiger partial charge in [0.25, 0.3) is 0 Å². The minimum Gasteiger partial charge on any atom is -0.474 e. The standard InChI is InChI=1S/C28H35F4N5O3/c1-18-14-36(23(13-33-18)15-35-7-9-39-17-19(35)2)16-25(38)37-8-10-40-27-24(37)12-21(26(34-27)28(30,31)32)11-20-3-5-22(29)6-4-20/h3-6,12,18-19,23,33H,7-11,13-17H2,1-2H3/t18-,19-,23-/m1/s1. The lowest BCUT2D eigenvalue weighted by Crippen LogP contribution is -2.62. The number of carbonyl (C=O) groups excluding carboxylic acids is 1. The number of piperazine rings is 1. The molecule has 0 spiro atoms. The number of nitrogens with zero attached hydrogens (tertiary/aromatic N) is 4. The highest BCUT2D eigenvalue weighted by molar-refractivity contribution is 5.96. The van der Waals surface area contributed by atoms with Crippen molar-refractivity contribution in [3.05, 3.63) is 53.0 Å². The molecule has 5 rings (SSSR count). The molecule has 218 valence electrons. The maximum atomic E-state index is 14.0. The van der Waals surface area contributed by atoms with Crippen LogP contribution in [0.25, 0.3) is 0 Å². The maximum absolute atomic E-state index is 14.0. The van der Waals surface area contributed by atoms with Crippen molar-refractivity contribution in [3.63, 3.8) is 0 Å². The topological polar surface area (TPSA) is 70.2 Å². The lowest BCUT2D eigenvalue weighted by molar-refractivity contribution is -0.142. The van der Waals surface area contributed by atoms with Crippen LogP contribution in [0.1, 0.15) is 30.7 Å². The number of hydrogen-bond donors (Lipinski definition) is 1. The van der Waals surface area contributed by atoms with Crippen LogP contribution in [-0.2, 0) is 22.1 Å². The summed E-state index contributed by atoms with van der Waals surface area (Å²) in [5.41, 5.74) is -0.447. The van der Waals surface area contributed by atoms with E-state index in [0.717, 1.165) is 19.6 Å². The Morgan fingerprint density at radius 1 is 1.12 bits per heavy atom. The molecule has 0 radical (unpaired) electrons. The van der Waals surface area contributed by atoms with E-state index in [9.17, 15) is 22.4 Å². The molecule has 0 unspecified atom stereocenters.